The monoisotopic (exact) mass is 393 g/mol. The second-order valence-corrected chi connectivity index (χ2v) is 7.17. The van der Waals surface area contributed by atoms with Crippen molar-refractivity contribution in [2.75, 3.05) is 13.1 Å². The SMILES string of the molecule is CCCNCC(=O)N(Cc1ccccc1)Cc1cccn1Cc1ccc(F)cc1. The van der Waals surface area contributed by atoms with Crippen molar-refractivity contribution in [1.82, 2.24) is 14.8 Å². The summed E-state index contributed by atoms with van der Waals surface area (Å²) in [6, 6.07) is 20.6. The lowest BCUT2D eigenvalue weighted by molar-refractivity contribution is -0.131. The van der Waals surface area contributed by atoms with Gasteiger partial charge in [-0.2, -0.15) is 0 Å². The summed E-state index contributed by atoms with van der Waals surface area (Å²) in [5, 5.41) is 3.21. The highest BCUT2D eigenvalue weighted by Crippen LogP contribution is 2.14. The molecule has 1 N–H and O–H groups in total. The number of amides is 1. The molecule has 0 atom stereocenters. The number of hydrogen-bond acceptors (Lipinski definition) is 2. The predicted molar refractivity (Wildman–Crippen MR) is 114 cm³/mol. The van der Waals surface area contributed by atoms with Crippen LogP contribution in [-0.2, 0) is 24.4 Å². The van der Waals surface area contributed by atoms with E-state index in [1.165, 1.54) is 12.1 Å². The van der Waals surface area contributed by atoms with Crippen molar-refractivity contribution in [2.45, 2.75) is 33.0 Å². The van der Waals surface area contributed by atoms with Gasteiger partial charge in [0.1, 0.15) is 5.82 Å². The molecule has 0 radical (unpaired) electrons. The maximum Gasteiger partial charge on any atom is 0.237 e. The van der Waals surface area contributed by atoms with Crippen LogP contribution in [0.1, 0.15) is 30.2 Å². The van der Waals surface area contributed by atoms with Crippen LogP contribution < -0.4 is 5.32 Å². The zero-order chi connectivity index (χ0) is 20.5. The summed E-state index contributed by atoms with van der Waals surface area (Å²) in [4.78, 5) is 14.8. The summed E-state index contributed by atoms with van der Waals surface area (Å²) in [7, 11) is 0. The number of halogens is 1. The molecule has 0 bridgehead atoms. The van der Waals surface area contributed by atoms with Crippen LogP contribution in [0.15, 0.2) is 72.9 Å². The van der Waals surface area contributed by atoms with Crippen LogP contribution in [0.2, 0.25) is 0 Å². The van der Waals surface area contributed by atoms with Crippen LogP contribution in [0, 0.1) is 5.82 Å². The Balaban J connectivity index is 1.73. The lowest BCUT2D eigenvalue weighted by Crippen LogP contribution is -2.38. The van der Waals surface area contributed by atoms with Crippen LogP contribution >= 0.6 is 0 Å². The molecule has 3 aromatic rings. The first kappa shape index (κ1) is 20.8. The van der Waals surface area contributed by atoms with E-state index in [9.17, 15) is 9.18 Å². The molecule has 2 aromatic carbocycles. The minimum Gasteiger partial charge on any atom is -0.345 e. The van der Waals surface area contributed by atoms with Crippen LogP contribution in [0.5, 0.6) is 0 Å². The van der Waals surface area contributed by atoms with Gasteiger partial charge in [-0.05, 0) is 48.4 Å². The molecule has 0 saturated heterocycles. The summed E-state index contributed by atoms with van der Waals surface area (Å²) in [5.74, 6) is -0.155. The molecule has 0 aliphatic rings. The van der Waals surface area contributed by atoms with Gasteiger partial charge in [0, 0.05) is 25.0 Å². The van der Waals surface area contributed by atoms with Crippen molar-refractivity contribution < 1.29 is 9.18 Å². The van der Waals surface area contributed by atoms with Crippen LogP contribution in [0.25, 0.3) is 0 Å². The highest BCUT2D eigenvalue weighted by atomic mass is 19.1. The smallest absolute Gasteiger partial charge is 0.237 e. The van der Waals surface area contributed by atoms with Crippen LogP contribution in [0.3, 0.4) is 0 Å². The van der Waals surface area contributed by atoms with Gasteiger partial charge in [0.2, 0.25) is 5.91 Å². The van der Waals surface area contributed by atoms with Crippen molar-refractivity contribution in [3.63, 3.8) is 0 Å². The van der Waals surface area contributed by atoms with E-state index in [0.29, 0.717) is 26.2 Å². The Morgan fingerprint density at radius 2 is 1.72 bits per heavy atom. The number of nitrogens with zero attached hydrogens (tertiary/aromatic N) is 2. The number of hydrogen-bond donors (Lipinski definition) is 1. The third-order valence-corrected chi connectivity index (χ3v) is 4.81. The molecular weight excluding hydrogens is 365 g/mol. The van der Waals surface area contributed by atoms with Gasteiger partial charge in [-0.15, -0.1) is 0 Å². The molecule has 0 aliphatic heterocycles. The first-order valence-electron chi connectivity index (χ1n) is 10.1. The van der Waals surface area contributed by atoms with E-state index in [-0.39, 0.29) is 11.7 Å². The normalized spacial score (nSPS) is 10.8. The summed E-state index contributed by atoms with van der Waals surface area (Å²) in [6.07, 6.45) is 2.99. The molecule has 0 fully saturated rings. The zero-order valence-electron chi connectivity index (χ0n) is 16.9. The summed E-state index contributed by atoms with van der Waals surface area (Å²) >= 11 is 0. The minimum absolute atomic E-state index is 0.0804. The molecule has 0 unspecified atom stereocenters. The van der Waals surface area contributed by atoms with E-state index >= 15 is 0 Å². The van der Waals surface area contributed by atoms with Gasteiger partial charge in [0.05, 0.1) is 13.1 Å². The molecular formula is C24H28FN3O. The second-order valence-electron chi connectivity index (χ2n) is 7.17. The first-order chi connectivity index (χ1) is 14.2. The molecule has 0 saturated carbocycles. The van der Waals surface area contributed by atoms with E-state index < -0.39 is 0 Å². The summed E-state index contributed by atoms with van der Waals surface area (Å²) < 4.78 is 15.3. The van der Waals surface area contributed by atoms with Crippen LogP contribution in [0.4, 0.5) is 4.39 Å². The molecule has 1 aromatic heterocycles. The Kier molecular flexibility index (Phi) is 7.59. The zero-order valence-corrected chi connectivity index (χ0v) is 16.9. The third kappa shape index (κ3) is 6.29. The Labute approximate surface area is 172 Å². The predicted octanol–water partition coefficient (Wildman–Crippen LogP) is 4.20. The fourth-order valence-electron chi connectivity index (χ4n) is 3.25. The average Bonchev–Trinajstić information content (AvgIpc) is 3.16. The second kappa shape index (κ2) is 10.6. The highest BCUT2D eigenvalue weighted by Gasteiger charge is 2.16. The molecule has 5 heteroatoms. The standard InChI is InChI=1S/C24H28FN3O/c1-2-14-26-16-24(29)28(18-20-7-4-3-5-8-20)19-23-9-6-15-27(23)17-21-10-12-22(25)13-11-21/h3-13,15,26H,2,14,16-19H2,1H3. The van der Waals surface area contributed by atoms with Gasteiger partial charge in [0.15, 0.2) is 0 Å². The number of aromatic nitrogens is 1. The van der Waals surface area contributed by atoms with E-state index in [2.05, 4.69) is 16.8 Å². The van der Waals surface area contributed by atoms with E-state index in [1.807, 2.05) is 53.6 Å². The maximum atomic E-state index is 13.2. The van der Waals surface area contributed by atoms with Crippen molar-refractivity contribution in [3.8, 4) is 0 Å². The first-order valence-corrected chi connectivity index (χ1v) is 10.1. The molecule has 1 amide bonds. The number of benzene rings is 2. The number of rotatable bonds is 10. The van der Waals surface area contributed by atoms with Gasteiger partial charge in [-0.1, -0.05) is 49.4 Å². The van der Waals surface area contributed by atoms with Crippen molar-refractivity contribution in [1.29, 1.82) is 0 Å². The molecule has 3 rings (SSSR count). The number of nitrogens with one attached hydrogen (secondary N) is 1. The number of carbonyl (C=O) groups excluding carboxylic acids is 1. The topological polar surface area (TPSA) is 37.3 Å². The summed E-state index contributed by atoms with van der Waals surface area (Å²) in [6.45, 7) is 4.97. The van der Waals surface area contributed by atoms with Gasteiger partial charge in [-0.3, -0.25) is 4.79 Å². The Morgan fingerprint density at radius 3 is 2.45 bits per heavy atom. The fourth-order valence-corrected chi connectivity index (χ4v) is 3.25. The van der Waals surface area contributed by atoms with E-state index in [1.54, 1.807) is 12.1 Å². The lowest BCUT2D eigenvalue weighted by Gasteiger charge is -2.24. The Hall–Kier alpha value is -2.92. The maximum absolute atomic E-state index is 13.2. The minimum atomic E-state index is -0.235. The molecule has 1 heterocycles. The fraction of sp³-hybridized carbons (Fsp3) is 0.292. The van der Waals surface area contributed by atoms with E-state index in [4.69, 9.17) is 0 Å². The van der Waals surface area contributed by atoms with Crippen molar-refractivity contribution >= 4 is 5.91 Å². The molecule has 0 spiro atoms. The van der Waals surface area contributed by atoms with Crippen molar-refractivity contribution in [3.05, 3.63) is 95.6 Å². The van der Waals surface area contributed by atoms with Crippen molar-refractivity contribution in [2.24, 2.45) is 0 Å². The average molecular weight is 394 g/mol. The van der Waals surface area contributed by atoms with Gasteiger partial charge in [0.25, 0.3) is 0 Å². The third-order valence-electron chi connectivity index (χ3n) is 4.81. The largest absolute Gasteiger partial charge is 0.345 e. The van der Waals surface area contributed by atoms with Gasteiger partial charge < -0.3 is 14.8 Å². The highest BCUT2D eigenvalue weighted by molar-refractivity contribution is 5.78. The van der Waals surface area contributed by atoms with Gasteiger partial charge in [-0.25, -0.2) is 4.39 Å². The molecule has 152 valence electrons. The number of carbonyl (C=O) groups is 1. The Morgan fingerprint density at radius 1 is 0.966 bits per heavy atom. The lowest BCUT2D eigenvalue weighted by atomic mass is 10.2. The van der Waals surface area contributed by atoms with E-state index in [0.717, 1.165) is 29.8 Å². The molecule has 0 aliphatic carbocycles. The molecule has 4 nitrogen and oxygen atoms in total. The molecule has 29 heavy (non-hydrogen) atoms. The quantitative estimate of drug-likeness (QED) is 0.524. The van der Waals surface area contributed by atoms with Gasteiger partial charge >= 0.3 is 0 Å². The summed E-state index contributed by atoms with van der Waals surface area (Å²) in [5.41, 5.74) is 3.18. The van der Waals surface area contributed by atoms with Crippen LogP contribution in [-0.4, -0.2) is 28.5 Å². The Bertz CT molecular complexity index is 890.